The third-order valence-corrected chi connectivity index (χ3v) is 3.77. The molecule has 1 aliphatic carbocycles. The van der Waals surface area contributed by atoms with Crippen LogP contribution in [0.15, 0.2) is 24.3 Å². The van der Waals surface area contributed by atoms with Crippen LogP contribution in [0.25, 0.3) is 0 Å². The average Bonchev–Trinajstić information content (AvgIpc) is 2.53. The third kappa shape index (κ3) is 5.73. The van der Waals surface area contributed by atoms with Gasteiger partial charge >= 0.3 is 6.09 Å². The highest BCUT2D eigenvalue weighted by Gasteiger charge is 2.17. The summed E-state index contributed by atoms with van der Waals surface area (Å²) in [6.07, 6.45) is 4.79. The molecule has 6 heteroatoms. The number of rotatable bonds is 5. The molecule has 0 saturated heterocycles. The van der Waals surface area contributed by atoms with E-state index in [9.17, 15) is 14.4 Å². The Hall–Kier alpha value is -2.37. The molecule has 2 rings (SSSR count). The van der Waals surface area contributed by atoms with Gasteiger partial charge in [-0.1, -0.05) is 31.4 Å². The van der Waals surface area contributed by atoms with Crippen molar-refractivity contribution in [1.29, 1.82) is 0 Å². The van der Waals surface area contributed by atoms with Gasteiger partial charge in [0, 0.05) is 24.2 Å². The predicted octanol–water partition coefficient (Wildman–Crippen LogP) is 2.89. The molecule has 0 aromatic heterocycles. The van der Waals surface area contributed by atoms with Crippen LogP contribution in [0.3, 0.4) is 0 Å². The average molecular weight is 318 g/mol. The number of carbonyl (C=O) groups excluding carboxylic acids is 3. The zero-order valence-electron chi connectivity index (χ0n) is 13.3. The zero-order chi connectivity index (χ0) is 16.7. The number of Topliss-reactive ketones (excluding diaryl/α,β-unsaturated/α-hetero) is 1. The van der Waals surface area contributed by atoms with E-state index in [4.69, 9.17) is 4.74 Å². The van der Waals surface area contributed by atoms with Crippen LogP contribution in [0.1, 0.15) is 49.4 Å². The number of nitrogens with one attached hydrogen (secondary N) is 2. The number of ketones is 1. The maximum atomic E-state index is 12.1. The molecule has 124 valence electrons. The number of ether oxygens (including phenoxy) is 1. The van der Waals surface area contributed by atoms with E-state index in [1.54, 1.807) is 24.3 Å². The van der Waals surface area contributed by atoms with Gasteiger partial charge in [0.1, 0.15) is 0 Å². The Balaban J connectivity index is 1.81. The highest BCUT2D eigenvalue weighted by atomic mass is 16.6. The Labute approximate surface area is 135 Å². The number of amides is 2. The van der Waals surface area contributed by atoms with Crippen LogP contribution in [-0.2, 0) is 9.53 Å². The van der Waals surface area contributed by atoms with Gasteiger partial charge in [0.05, 0.1) is 0 Å². The second kappa shape index (κ2) is 8.31. The van der Waals surface area contributed by atoms with E-state index in [-0.39, 0.29) is 24.3 Å². The lowest BCUT2D eigenvalue weighted by Crippen LogP contribution is -2.37. The van der Waals surface area contributed by atoms with Gasteiger partial charge in [-0.3, -0.25) is 9.59 Å². The highest BCUT2D eigenvalue weighted by Crippen LogP contribution is 2.17. The highest BCUT2D eigenvalue weighted by molar-refractivity contribution is 5.99. The monoisotopic (exact) mass is 318 g/mol. The summed E-state index contributed by atoms with van der Waals surface area (Å²) in [6, 6.07) is 6.69. The van der Waals surface area contributed by atoms with Gasteiger partial charge < -0.3 is 15.4 Å². The van der Waals surface area contributed by atoms with E-state index in [2.05, 4.69) is 10.6 Å². The molecule has 23 heavy (non-hydrogen) atoms. The molecule has 6 nitrogen and oxygen atoms in total. The van der Waals surface area contributed by atoms with Crippen molar-refractivity contribution in [3.63, 3.8) is 0 Å². The Kier molecular flexibility index (Phi) is 6.14. The molecule has 0 spiro atoms. The quantitative estimate of drug-likeness (QED) is 0.818. The molecule has 1 fully saturated rings. The first-order chi connectivity index (χ1) is 11.0. The van der Waals surface area contributed by atoms with Gasteiger partial charge in [0.2, 0.25) is 5.91 Å². The smallest absolute Gasteiger partial charge is 0.407 e. The van der Waals surface area contributed by atoms with E-state index in [1.165, 1.54) is 13.3 Å². The van der Waals surface area contributed by atoms with Crippen molar-refractivity contribution < 1.29 is 19.1 Å². The van der Waals surface area contributed by atoms with Crippen molar-refractivity contribution in [2.75, 3.05) is 11.9 Å². The Morgan fingerprint density at radius 2 is 1.91 bits per heavy atom. The summed E-state index contributed by atoms with van der Waals surface area (Å²) < 4.78 is 5.00. The largest absolute Gasteiger partial charge is 0.441 e. The van der Waals surface area contributed by atoms with Crippen LogP contribution in [0.5, 0.6) is 0 Å². The van der Waals surface area contributed by atoms with Gasteiger partial charge in [-0.2, -0.15) is 0 Å². The van der Waals surface area contributed by atoms with Crippen molar-refractivity contribution in [3.05, 3.63) is 29.8 Å². The second-order valence-corrected chi connectivity index (χ2v) is 5.74. The fourth-order valence-corrected chi connectivity index (χ4v) is 2.64. The topological polar surface area (TPSA) is 84.5 Å². The van der Waals surface area contributed by atoms with E-state index in [0.29, 0.717) is 11.3 Å². The Morgan fingerprint density at radius 1 is 1.17 bits per heavy atom. The van der Waals surface area contributed by atoms with Gasteiger partial charge in [0.15, 0.2) is 12.4 Å². The van der Waals surface area contributed by atoms with E-state index >= 15 is 0 Å². The summed E-state index contributed by atoms with van der Waals surface area (Å²) in [7, 11) is 0. The van der Waals surface area contributed by atoms with Crippen molar-refractivity contribution in [2.45, 2.75) is 45.1 Å². The number of anilines is 1. The van der Waals surface area contributed by atoms with Crippen molar-refractivity contribution in [3.8, 4) is 0 Å². The summed E-state index contributed by atoms with van der Waals surface area (Å²) in [4.78, 5) is 34.8. The predicted molar refractivity (Wildman–Crippen MR) is 86.4 cm³/mol. The second-order valence-electron chi connectivity index (χ2n) is 5.74. The number of benzene rings is 1. The summed E-state index contributed by atoms with van der Waals surface area (Å²) in [6.45, 7) is 1.08. The minimum atomic E-state index is -0.553. The molecule has 0 heterocycles. The van der Waals surface area contributed by atoms with Gasteiger partial charge in [-0.05, 0) is 25.0 Å². The molecule has 0 bridgehead atoms. The SMILES string of the molecule is CC(=O)Nc1cccc(C(=O)COC(=O)NC2CCCCC2)c1. The number of alkyl carbamates (subject to hydrolysis) is 1. The van der Waals surface area contributed by atoms with Crippen LogP contribution in [0.2, 0.25) is 0 Å². The van der Waals surface area contributed by atoms with Crippen LogP contribution in [0.4, 0.5) is 10.5 Å². The van der Waals surface area contributed by atoms with Gasteiger partial charge in [0.25, 0.3) is 0 Å². The first-order valence-corrected chi connectivity index (χ1v) is 7.89. The van der Waals surface area contributed by atoms with Crippen molar-refractivity contribution in [2.24, 2.45) is 0 Å². The summed E-state index contributed by atoms with van der Waals surface area (Å²) >= 11 is 0. The zero-order valence-corrected chi connectivity index (χ0v) is 13.3. The fourth-order valence-electron chi connectivity index (χ4n) is 2.64. The Bertz CT molecular complexity index is 580. The molecule has 2 N–H and O–H groups in total. The lowest BCUT2D eigenvalue weighted by atomic mass is 9.96. The molecule has 0 aliphatic heterocycles. The molecule has 0 unspecified atom stereocenters. The first kappa shape index (κ1) is 17.0. The molecule has 1 aromatic rings. The Morgan fingerprint density at radius 3 is 2.61 bits per heavy atom. The molecule has 1 aromatic carbocycles. The number of carbonyl (C=O) groups is 3. The van der Waals surface area contributed by atoms with E-state index in [0.717, 1.165) is 25.7 Å². The maximum absolute atomic E-state index is 12.1. The molecular formula is C17H22N2O4. The summed E-state index contributed by atoms with van der Waals surface area (Å²) in [5.41, 5.74) is 0.928. The molecule has 0 radical (unpaired) electrons. The van der Waals surface area contributed by atoms with Gasteiger partial charge in [-0.15, -0.1) is 0 Å². The summed E-state index contributed by atoms with van der Waals surface area (Å²) in [5.74, 6) is -0.520. The maximum Gasteiger partial charge on any atom is 0.407 e. The number of hydrogen-bond donors (Lipinski definition) is 2. The normalized spacial score (nSPS) is 14.8. The van der Waals surface area contributed by atoms with E-state index in [1.807, 2.05) is 0 Å². The standard InChI is InChI=1S/C17H22N2O4/c1-12(20)18-15-9-5-6-13(10-15)16(21)11-23-17(22)19-14-7-3-2-4-8-14/h5-6,9-10,14H,2-4,7-8,11H2,1H3,(H,18,20)(H,19,22). The van der Waals surface area contributed by atoms with Crippen LogP contribution < -0.4 is 10.6 Å². The van der Waals surface area contributed by atoms with Crippen molar-refractivity contribution in [1.82, 2.24) is 5.32 Å². The van der Waals surface area contributed by atoms with Crippen LogP contribution in [0, 0.1) is 0 Å². The summed E-state index contributed by atoms with van der Waals surface area (Å²) in [5, 5.41) is 5.40. The van der Waals surface area contributed by atoms with E-state index < -0.39 is 6.09 Å². The lowest BCUT2D eigenvalue weighted by Gasteiger charge is -2.22. The first-order valence-electron chi connectivity index (χ1n) is 7.89. The minimum absolute atomic E-state index is 0.148. The molecular weight excluding hydrogens is 296 g/mol. The molecule has 2 amide bonds. The van der Waals surface area contributed by atoms with Gasteiger partial charge in [-0.25, -0.2) is 4.79 Å². The third-order valence-electron chi connectivity index (χ3n) is 3.77. The fraction of sp³-hybridized carbons (Fsp3) is 0.471. The number of hydrogen-bond acceptors (Lipinski definition) is 4. The molecule has 1 aliphatic rings. The van der Waals surface area contributed by atoms with Crippen molar-refractivity contribution >= 4 is 23.5 Å². The molecule has 0 atom stereocenters. The molecule has 1 saturated carbocycles. The van der Waals surface area contributed by atoms with Crippen LogP contribution >= 0.6 is 0 Å². The van der Waals surface area contributed by atoms with Crippen LogP contribution in [-0.4, -0.2) is 30.4 Å². The minimum Gasteiger partial charge on any atom is -0.441 e. The lowest BCUT2D eigenvalue weighted by molar-refractivity contribution is -0.114.